The second-order valence-corrected chi connectivity index (χ2v) is 3.42. The van der Waals surface area contributed by atoms with Gasteiger partial charge in [0.25, 0.3) is 0 Å². The van der Waals surface area contributed by atoms with Gasteiger partial charge in [-0.05, 0) is 0 Å². The first-order chi connectivity index (χ1) is 8.02. The number of carbonyl (C=O) groups excluding carboxylic acids is 1. The summed E-state index contributed by atoms with van der Waals surface area (Å²) < 4.78 is 0. The Balaban J connectivity index is 3.20. The van der Waals surface area contributed by atoms with Crippen LogP contribution in [-0.2, 0) is 4.79 Å². The van der Waals surface area contributed by atoms with Crippen LogP contribution in [0.4, 0.5) is 0 Å². The number of rotatable bonds is 0. The van der Waals surface area contributed by atoms with Crippen molar-refractivity contribution >= 4 is 18.3 Å². The van der Waals surface area contributed by atoms with Gasteiger partial charge in [-0.3, -0.25) is 19.8 Å². The Morgan fingerprint density at radius 2 is 1.71 bits per heavy atom. The normalized spacial score (nSPS) is 13.8. The number of nitrogens with zero attached hydrogens (tertiary/aromatic N) is 1. The molecule has 0 atom stereocenters. The summed E-state index contributed by atoms with van der Waals surface area (Å²) in [6.45, 7) is 1.15. The molecule has 0 saturated carbocycles. The number of benzene rings is 1. The highest BCUT2D eigenvalue weighted by molar-refractivity contribution is 5.73. The first-order valence-electron chi connectivity index (χ1n) is 4.71. The molecule has 0 bridgehead atoms. The third-order valence-electron chi connectivity index (χ3n) is 2.24. The van der Waals surface area contributed by atoms with Crippen molar-refractivity contribution in [3.8, 4) is 0 Å². The van der Waals surface area contributed by atoms with Crippen LogP contribution in [0.2, 0.25) is 0 Å². The summed E-state index contributed by atoms with van der Waals surface area (Å²) in [7, 11) is 0. The maximum atomic E-state index is 11.9. The van der Waals surface area contributed by atoms with E-state index in [9.17, 15) is 14.4 Å². The lowest BCUT2D eigenvalue weighted by Gasteiger charge is -2.03. The summed E-state index contributed by atoms with van der Waals surface area (Å²) in [6.07, 6.45) is 2.60. The van der Waals surface area contributed by atoms with Crippen LogP contribution in [0.3, 0.4) is 0 Å². The molecule has 1 heterocycles. The van der Waals surface area contributed by atoms with E-state index in [-0.39, 0.29) is 10.4 Å². The molecule has 1 aromatic carbocycles. The Morgan fingerprint density at radius 1 is 1.18 bits per heavy atom. The first kappa shape index (κ1) is 10.9. The van der Waals surface area contributed by atoms with Crippen LogP contribution >= 0.6 is 0 Å². The van der Waals surface area contributed by atoms with Crippen LogP contribution in [0.25, 0.3) is 12.4 Å². The van der Waals surface area contributed by atoms with Crippen molar-refractivity contribution in [3.63, 3.8) is 0 Å². The average Bonchev–Trinajstić information content (AvgIpc) is 2.31. The van der Waals surface area contributed by atoms with Gasteiger partial charge in [-0.25, -0.2) is 4.99 Å². The van der Waals surface area contributed by atoms with Gasteiger partial charge in [0.2, 0.25) is 16.8 Å². The zero-order chi connectivity index (χ0) is 12.6. The van der Waals surface area contributed by atoms with Crippen molar-refractivity contribution in [2.24, 2.45) is 4.99 Å². The van der Waals surface area contributed by atoms with Crippen molar-refractivity contribution in [2.45, 2.75) is 6.92 Å². The minimum Gasteiger partial charge on any atom is -0.308 e. The predicted molar refractivity (Wildman–Crippen MR) is 57.9 cm³/mol. The van der Waals surface area contributed by atoms with Crippen molar-refractivity contribution in [2.75, 3.05) is 0 Å². The Morgan fingerprint density at radius 3 is 2.24 bits per heavy atom. The van der Waals surface area contributed by atoms with Crippen molar-refractivity contribution in [1.29, 1.82) is 5.41 Å². The average molecular weight is 232 g/mol. The zero-order valence-electron chi connectivity index (χ0n) is 8.83. The molecule has 7 nitrogen and oxygen atoms in total. The Labute approximate surface area is 93.6 Å². The lowest BCUT2D eigenvalue weighted by Crippen LogP contribution is -2.66. The van der Waals surface area contributed by atoms with E-state index in [1.54, 1.807) is 0 Å². The Bertz CT molecular complexity index is 829. The van der Waals surface area contributed by atoms with Gasteiger partial charge in [0.05, 0.1) is 10.4 Å². The van der Waals surface area contributed by atoms with E-state index in [1.165, 1.54) is 12.4 Å². The molecule has 1 aliphatic rings. The van der Waals surface area contributed by atoms with Gasteiger partial charge in [-0.15, -0.1) is 0 Å². The number of hydrogen-bond acceptors (Lipinski definition) is 6. The number of hydrazine groups is 1. The highest BCUT2D eigenvalue weighted by Crippen LogP contribution is 1.62. The molecular formula is C10H8N4O3. The smallest absolute Gasteiger partial charge is 0.243 e. The van der Waals surface area contributed by atoms with E-state index >= 15 is 0 Å². The molecule has 1 aliphatic heterocycles. The van der Waals surface area contributed by atoms with Crippen LogP contribution in [-0.4, -0.2) is 5.91 Å². The summed E-state index contributed by atoms with van der Waals surface area (Å²) in [6, 6.07) is 0. The molecule has 0 spiro atoms. The van der Waals surface area contributed by atoms with Gasteiger partial charge in [-0.2, -0.15) is 0 Å². The molecule has 0 unspecified atom stereocenters. The quantitative estimate of drug-likeness (QED) is 0.420. The van der Waals surface area contributed by atoms with Gasteiger partial charge in [0.1, 0.15) is 10.7 Å². The summed E-state index contributed by atoms with van der Waals surface area (Å²) in [5.74, 6) is -0.624. The Hall–Kier alpha value is -2.57. The molecule has 0 aliphatic carbocycles. The van der Waals surface area contributed by atoms with Gasteiger partial charge >= 0.3 is 0 Å². The van der Waals surface area contributed by atoms with E-state index in [1.807, 2.05) is 0 Å². The molecule has 86 valence electrons. The fourth-order valence-corrected chi connectivity index (χ4v) is 1.51. The zero-order valence-corrected chi connectivity index (χ0v) is 8.83. The van der Waals surface area contributed by atoms with E-state index < -0.39 is 27.5 Å². The number of fused-ring (bicyclic) bond motifs is 1. The number of hydrogen-bond donors (Lipinski definition) is 3. The van der Waals surface area contributed by atoms with Crippen molar-refractivity contribution in [1.82, 2.24) is 10.9 Å². The summed E-state index contributed by atoms with van der Waals surface area (Å²) in [5.41, 5.74) is 3.86. The third kappa shape index (κ3) is 1.67. The summed E-state index contributed by atoms with van der Waals surface area (Å²) >= 11 is 0. The predicted octanol–water partition coefficient (Wildman–Crippen LogP) is -4.21. The molecule has 1 aromatic rings. The maximum Gasteiger partial charge on any atom is 0.243 e. The first-order valence-corrected chi connectivity index (χ1v) is 4.71. The van der Waals surface area contributed by atoms with Crippen LogP contribution in [0, 0.1) is 5.41 Å². The van der Waals surface area contributed by atoms with Gasteiger partial charge < -0.3 is 10.9 Å². The van der Waals surface area contributed by atoms with Crippen LogP contribution in [0.5, 0.6) is 0 Å². The molecule has 7 heteroatoms. The second-order valence-electron chi connectivity index (χ2n) is 3.42. The monoisotopic (exact) mass is 232 g/mol. The van der Waals surface area contributed by atoms with E-state index in [2.05, 4.69) is 15.8 Å². The standard InChI is InChI=1S/C10H8N4O3/c1-4(15)14-8-7(11)9(16)5-2-12-13-3-6(5)10(8)17/h2-3,11-13H,1H3. The highest BCUT2D eigenvalue weighted by Gasteiger charge is 2.07. The van der Waals surface area contributed by atoms with Crippen molar-refractivity contribution < 1.29 is 4.79 Å². The largest absolute Gasteiger partial charge is 0.308 e. The molecule has 0 saturated heterocycles. The van der Waals surface area contributed by atoms with Gasteiger partial charge in [0.15, 0.2) is 0 Å². The Kier molecular flexibility index (Phi) is 2.43. The van der Waals surface area contributed by atoms with Gasteiger partial charge in [0, 0.05) is 19.3 Å². The third-order valence-corrected chi connectivity index (χ3v) is 2.24. The minimum absolute atomic E-state index is 0.0984. The molecule has 2 rings (SSSR count). The lowest BCUT2D eigenvalue weighted by atomic mass is 10.2. The van der Waals surface area contributed by atoms with E-state index in [0.29, 0.717) is 0 Å². The molecule has 0 radical (unpaired) electrons. The molecule has 17 heavy (non-hydrogen) atoms. The molecule has 0 fully saturated rings. The van der Waals surface area contributed by atoms with Crippen LogP contribution in [0.1, 0.15) is 6.92 Å². The fourth-order valence-electron chi connectivity index (χ4n) is 1.51. The molecule has 3 N–H and O–H groups in total. The summed E-state index contributed by atoms with van der Waals surface area (Å²) in [4.78, 5) is 37.9. The second kappa shape index (κ2) is 3.78. The van der Waals surface area contributed by atoms with Crippen LogP contribution < -0.4 is 42.9 Å². The topological polar surface area (TPSA) is 111 Å². The molecular weight excluding hydrogens is 224 g/mol. The van der Waals surface area contributed by atoms with Gasteiger partial charge in [-0.1, -0.05) is 0 Å². The molecule has 0 aromatic heterocycles. The van der Waals surface area contributed by atoms with Crippen molar-refractivity contribution in [3.05, 3.63) is 41.6 Å². The molecule has 1 amide bonds. The SMILES string of the molecule is CC(=O)N=c1c(=N)c(=O)c2c(c1=O)=CNNC=2. The number of carbonyl (C=O) groups is 1. The fraction of sp³-hybridized carbons (Fsp3) is 0.100. The highest BCUT2D eigenvalue weighted by atomic mass is 16.1. The van der Waals surface area contributed by atoms with E-state index in [0.717, 1.165) is 6.92 Å². The van der Waals surface area contributed by atoms with E-state index in [4.69, 9.17) is 5.41 Å². The number of nitrogens with one attached hydrogen (secondary N) is 3. The summed E-state index contributed by atoms with van der Waals surface area (Å²) in [5, 5.41) is 6.76. The maximum absolute atomic E-state index is 11.9. The lowest BCUT2D eigenvalue weighted by molar-refractivity contribution is -0.116. The number of amides is 1. The van der Waals surface area contributed by atoms with Crippen LogP contribution in [0.15, 0.2) is 14.6 Å². The minimum atomic E-state index is -0.634.